The van der Waals surface area contributed by atoms with Crippen molar-refractivity contribution in [3.63, 3.8) is 0 Å². The lowest BCUT2D eigenvalue weighted by atomic mass is 9.92. The highest BCUT2D eigenvalue weighted by molar-refractivity contribution is 5.50. The molecule has 2 aliphatic rings. The van der Waals surface area contributed by atoms with E-state index < -0.39 is 0 Å². The van der Waals surface area contributed by atoms with Crippen LogP contribution in [0.3, 0.4) is 0 Å². The fraction of sp³-hybridized carbons (Fsp3) is 0.286. The van der Waals surface area contributed by atoms with E-state index in [1.807, 2.05) is 0 Å². The Balaban J connectivity index is 1.64. The highest BCUT2D eigenvalue weighted by Gasteiger charge is 2.23. The van der Waals surface area contributed by atoms with Gasteiger partial charge in [-0.1, -0.05) is 36.4 Å². The molecule has 0 N–H and O–H groups in total. The lowest BCUT2D eigenvalue weighted by Crippen LogP contribution is -2.32. The molecule has 0 aliphatic heterocycles. The highest BCUT2D eigenvalue weighted by atomic mass is 15.1. The molecule has 0 unspecified atom stereocenters. The molecule has 23 heavy (non-hydrogen) atoms. The Hall–Kier alpha value is -2.35. The molecule has 0 saturated carbocycles. The number of benzene rings is 2. The minimum atomic E-state index is 1.20. The average molecular weight is 301 g/mol. The quantitative estimate of drug-likeness (QED) is 0.638. The van der Waals surface area contributed by atoms with Gasteiger partial charge in [0.25, 0.3) is 6.33 Å². The van der Waals surface area contributed by atoms with E-state index in [2.05, 4.69) is 64.3 Å². The molecule has 2 aromatic carbocycles. The van der Waals surface area contributed by atoms with E-state index in [9.17, 15) is 0 Å². The lowest BCUT2D eigenvalue weighted by Gasteiger charge is -2.17. The van der Waals surface area contributed by atoms with Crippen molar-refractivity contribution < 1.29 is 4.57 Å². The van der Waals surface area contributed by atoms with Crippen molar-refractivity contribution >= 4 is 0 Å². The molecule has 0 saturated heterocycles. The summed E-state index contributed by atoms with van der Waals surface area (Å²) in [6, 6.07) is 13.5. The highest BCUT2D eigenvalue weighted by Crippen LogP contribution is 2.28. The summed E-state index contributed by atoms with van der Waals surface area (Å²) in [4.78, 5) is 0. The van der Waals surface area contributed by atoms with Crippen LogP contribution in [0.4, 0.5) is 0 Å². The van der Waals surface area contributed by atoms with Gasteiger partial charge in [-0.25, -0.2) is 9.13 Å². The van der Waals surface area contributed by atoms with Gasteiger partial charge in [-0.3, -0.25) is 0 Å². The van der Waals surface area contributed by atoms with Gasteiger partial charge in [0, 0.05) is 0 Å². The minimum Gasteiger partial charge on any atom is -0.201 e. The van der Waals surface area contributed by atoms with Gasteiger partial charge in [0.1, 0.15) is 23.8 Å². The van der Waals surface area contributed by atoms with Crippen LogP contribution in [-0.4, -0.2) is 4.57 Å². The maximum atomic E-state index is 2.33. The third-order valence-electron chi connectivity index (χ3n) is 5.34. The Morgan fingerprint density at radius 1 is 0.739 bits per heavy atom. The summed E-state index contributed by atoms with van der Waals surface area (Å²) in [7, 11) is 0. The van der Waals surface area contributed by atoms with E-state index in [-0.39, 0.29) is 0 Å². The largest absolute Gasteiger partial charge is 0.254 e. The van der Waals surface area contributed by atoms with Crippen molar-refractivity contribution in [1.82, 2.24) is 4.57 Å². The van der Waals surface area contributed by atoms with Gasteiger partial charge in [0.2, 0.25) is 0 Å². The van der Waals surface area contributed by atoms with E-state index in [1.54, 1.807) is 0 Å². The smallest absolute Gasteiger partial charge is 0.201 e. The number of nitrogens with zero attached hydrogens (tertiary/aromatic N) is 2. The molecule has 0 atom stereocenters. The average Bonchev–Trinajstić information content (AvgIpc) is 3.02. The first-order valence-corrected chi connectivity index (χ1v) is 8.72. The van der Waals surface area contributed by atoms with Crippen LogP contribution in [0.15, 0.2) is 55.1 Å². The van der Waals surface area contributed by atoms with Gasteiger partial charge in [-0.2, -0.15) is 0 Å². The summed E-state index contributed by atoms with van der Waals surface area (Å²) in [6.07, 6.45) is 14.1. The van der Waals surface area contributed by atoms with Crippen LogP contribution >= 0.6 is 0 Å². The summed E-state index contributed by atoms with van der Waals surface area (Å²) >= 11 is 0. The molecule has 2 nitrogen and oxygen atoms in total. The summed E-state index contributed by atoms with van der Waals surface area (Å²) in [6.45, 7) is 0. The number of aryl methyl sites for hydroxylation is 4. The molecule has 0 spiro atoms. The second-order valence-electron chi connectivity index (χ2n) is 6.78. The van der Waals surface area contributed by atoms with Crippen LogP contribution in [0.2, 0.25) is 0 Å². The second-order valence-corrected chi connectivity index (χ2v) is 6.78. The molecule has 1 aromatic heterocycles. The number of fused-ring (bicyclic) bond motifs is 4. The molecule has 4 bridgehead atoms. The summed E-state index contributed by atoms with van der Waals surface area (Å²) in [5.41, 5.74) is 8.76. The van der Waals surface area contributed by atoms with Gasteiger partial charge >= 0.3 is 0 Å². The number of para-hydroxylation sites is 2. The van der Waals surface area contributed by atoms with Crippen LogP contribution in [0.25, 0.3) is 11.4 Å². The molecule has 2 aliphatic carbocycles. The van der Waals surface area contributed by atoms with Crippen molar-refractivity contribution in [3.8, 4) is 11.4 Å². The Morgan fingerprint density at radius 2 is 1.30 bits per heavy atom. The maximum absolute atomic E-state index is 2.33. The predicted octanol–water partition coefficient (Wildman–Crippen LogP) is 3.73. The number of imidazole rings is 1. The van der Waals surface area contributed by atoms with Crippen molar-refractivity contribution in [2.45, 2.75) is 38.5 Å². The Bertz CT molecular complexity index is 772. The van der Waals surface area contributed by atoms with Gasteiger partial charge in [-0.15, -0.1) is 0 Å². The van der Waals surface area contributed by atoms with Crippen LogP contribution in [-0.2, 0) is 25.7 Å². The third kappa shape index (κ3) is 2.05. The standard InChI is InChI=1S/C21H21N2/c1-5-16-7-2-8-17(6-1)20(16)22-13-14-23(15-22)21-18-9-3-10-19(21)12-4-11-18/h1,3,5-6,9-10,13-15H,2,4,7-8,11-12H2/q+1. The Kier molecular flexibility index (Phi) is 2.90. The predicted molar refractivity (Wildman–Crippen MR) is 91.4 cm³/mol. The maximum Gasteiger partial charge on any atom is 0.254 e. The zero-order valence-electron chi connectivity index (χ0n) is 13.3. The van der Waals surface area contributed by atoms with Crippen molar-refractivity contribution in [2.75, 3.05) is 0 Å². The lowest BCUT2D eigenvalue weighted by molar-refractivity contribution is -0.596. The fourth-order valence-corrected chi connectivity index (χ4v) is 4.32. The molecular weight excluding hydrogens is 280 g/mol. The Morgan fingerprint density at radius 3 is 1.96 bits per heavy atom. The molecule has 0 radical (unpaired) electrons. The molecule has 1 heterocycles. The molecular formula is C21H21N2+. The topological polar surface area (TPSA) is 8.81 Å². The molecule has 5 rings (SSSR count). The Labute approximate surface area is 137 Å². The van der Waals surface area contributed by atoms with Gasteiger partial charge in [0.15, 0.2) is 0 Å². The number of hydrogen-bond acceptors (Lipinski definition) is 0. The first-order chi connectivity index (χ1) is 11.4. The van der Waals surface area contributed by atoms with Gasteiger partial charge in [-0.05, 0) is 60.8 Å². The number of hydrogen-bond donors (Lipinski definition) is 0. The van der Waals surface area contributed by atoms with E-state index in [0.717, 1.165) is 0 Å². The first kappa shape index (κ1) is 13.1. The van der Waals surface area contributed by atoms with E-state index in [1.165, 1.54) is 72.2 Å². The van der Waals surface area contributed by atoms with Gasteiger partial charge in [0.05, 0.1) is 0 Å². The molecule has 0 fully saturated rings. The SMILES string of the molecule is c1cc2c(-n3cc[n+](-c4c5cccc4CCC5)c3)c(c1)CCC2. The van der Waals surface area contributed by atoms with E-state index >= 15 is 0 Å². The van der Waals surface area contributed by atoms with E-state index in [0.29, 0.717) is 0 Å². The molecule has 0 amide bonds. The van der Waals surface area contributed by atoms with Crippen molar-refractivity contribution in [2.24, 2.45) is 0 Å². The summed E-state index contributed by atoms with van der Waals surface area (Å²) in [5.74, 6) is 0. The second kappa shape index (κ2) is 5.09. The monoisotopic (exact) mass is 301 g/mol. The van der Waals surface area contributed by atoms with Crippen LogP contribution in [0.1, 0.15) is 35.1 Å². The molecule has 3 aromatic rings. The van der Waals surface area contributed by atoms with E-state index in [4.69, 9.17) is 0 Å². The number of rotatable bonds is 2. The van der Waals surface area contributed by atoms with Crippen molar-refractivity contribution in [3.05, 3.63) is 77.4 Å². The van der Waals surface area contributed by atoms with Crippen LogP contribution in [0.5, 0.6) is 0 Å². The number of aromatic nitrogens is 2. The van der Waals surface area contributed by atoms with Crippen LogP contribution < -0.4 is 4.57 Å². The summed E-state index contributed by atoms with van der Waals surface area (Å²) < 4.78 is 4.65. The minimum absolute atomic E-state index is 1.20. The van der Waals surface area contributed by atoms with Crippen molar-refractivity contribution in [1.29, 1.82) is 0 Å². The zero-order chi connectivity index (χ0) is 15.2. The first-order valence-electron chi connectivity index (χ1n) is 8.72. The summed E-state index contributed by atoms with van der Waals surface area (Å²) in [5, 5.41) is 0. The normalized spacial score (nSPS) is 15.7. The fourth-order valence-electron chi connectivity index (χ4n) is 4.32. The third-order valence-corrected chi connectivity index (χ3v) is 5.34. The molecule has 114 valence electrons. The zero-order valence-corrected chi connectivity index (χ0v) is 13.3. The van der Waals surface area contributed by atoms with Crippen LogP contribution in [0, 0.1) is 0 Å². The molecule has 2 heteroatoms. The van der Waals surface area contributed by atoms with Gasteiger partial charge < -0.3 is 0 Å².